The van der Waals surface area contributed by atoms with Crippen molar-refractivity contribution in [3.05, 3.63) is 78.9 Å². The number of hydrogen-bond donors (Lipinski definition) is 1. The quantitative estimate of drug-likeness (QED) is 0.405. The lowest BCUT2D eigenvalue weighted by Crippen LogP contribution is -1.82. The molecular weight excluding hydrogens is 296 g/mol. The third-order valence-corrected chi connectivity index (χ3v) is 4.57. The van der Waals surface area contributed by atoms with Gasteiger partial charge in [0.05, 0.1) is 5.39 Å². The average Bonchev–Trinajstić information content (AvgIpc) is 3.02. The maximum atomic E-state index is 10.3. The van der Waals surface area contributed by atoms with Crippen molar-refractivity contribution in [1.29, 1.82) is 0 Å². The second kappa shape index (κ2) is 4.87. The van der Waals surface area contributed by atoms with Crippen LogP contribution in [0.4, 0.5) is 0 Å². The molecule has 1 heterocycles. The Bertz CT molecular complexity index is 1200. The minimum atomic E-state index is 0.251. The van der Waals surface area contributed by atoms with E-state index in [0.717, 1.165) is 38.3 Å². The normalized spacial score (nSPS) is 11.5. The molecule has 5 rings (SSSR count). The molecule has 2 nitrogen and oxygen atoms in total. The summed E-state index contributed by atoms with van der Waals surface area (Å²) in [4.78, 5) is 0. The van der Waals surface area contributed by atoms with Gasteiger partial charge in [-0.25, -0.2) is 0 Å². The summed E-state index contributed by atoms with van der Waals surface area (Å²) in [6, 6.07) is 26.1. The summed E-state index contributed by atoms with van der Waals surface area (Å²) in [6.45, 7) is 0. The van der Waals surface area contributed by atoms with Gasteiger partial charge in [0.25, 0.3) is 0 Å². The Morgan fingerprint density at radius 1 is 0.667 bits per heavy atom. The monoisotopic (exact) mass is 310 g/mol. The zero-order valence-corrected chi connectivity index (χ0v) is 12.9. The van der Waals surface area contributed by atoms with Crippen LogP contribution in [-0.2, 0) is 0 Å². The van der Waals surface area contributed by atoms with E-state index in [1.54, 1.807) is 12.1 Å². The molecule has 0 amide bonds. The van der Waals surface area contributed by atoms with E-state index in [9.17, 15) is 5.11 Å². The van der Waals surface area contributed by atoms with Gasteiger partial charge in [0.15, 0.2) is 0 Å². The second-order valence-corrected chi connectivity index (χ2v) is 5.96. The van der Waals surface area contributed by atoms with E-state index in [1.165, 1.54) is 0 Å². The van der Waals surface area contributed by atoms with Crippen molar-refractivity contribution in [2.75, 3.05) is 0 Å². The van der Waals surface area contributed by atoms with Crippen LogP contribution in [0, 0.1) is 0 Å². The van der Waals surface area contributed by atoms with Crippen molar-refractivity contribution in [3.63, 3.8) is 0 Å². The molecule has 114 valence electrons. The largest absolute Gasteiger partial charge is 0.507 e. The van der Waals surface area contributed by atoms with Gasteiger partial charge < -0.3 is 9.52 Å². The summed E-state index contributed by atoms with van der Waals surface area (Å²) >= 11 is 0. The van der Waals surface area contributed by atoms with Crippen LogP contribution < -0.4 is 0 Å². The molecule has 0 atom stereocenters. The lowest BCUT2D eigenvalue weighted by Gasteiger charge is -2.08. The molecule has 0 saturated carbocycles. The molecule has 0 saturated heterocycles. The Labute approximate surface area is 138 Å². The fraction of sp³-hybridized carbons (Fsp3) is 0. The van der Waals surface area contributed by atoms with Crippen LogP contribution >= 0.6 is 0 Å². The molecule has 0 aliphatic carbocycles. The van der Waals surface area contributed by atoms with Crippen LogP contribution in [0.1, 0.15) is 0 Å². The highest BCUT2D eigenvalue weighted by Gasteiger charge is 2.16. The number of fused-ring (bicyclic) bond motifs is 5. The van der Waals surface area contributed by atoms with Crippen LogP contribution in [-0.4, -0.2) is 5.11 Å². The van der Waals surface area contributed by atoms with Crippen LogP contribution in [0.25, 0.3) is 43.8 Å². The van der Waals surface area contributed by atoms with Crippen molar-refractivity contribution in [3.8, 4) is 16.9 Å². The van der Waals surface area contributed by atoms with Gasteiger partial charge in [-0.1, -0.05) is 60.7 Å². The van der Waals surface area contributed by atoms with Crippen LogP contribution in [0.5, 0.6) is 5.75 Å². The molecule has 24 heavy (non-hydrogen) atoms. The van der Waals surface area contributed by atoms with Gasteiger partial charge in [-0.3, -0.25) is 0 Å². The molecule has 1 aromatic heterocycles. The first-order chi connectivity index (χ1) is 11.8. The SMILES string of the molecule is Oc1cccc2oc3c4ccccc4c(-c4ccccc4)cc3c12. The number of furan rings is 1. The fourth-order valence-electron chi connectivity index (χ4n) is 3.49. The lowest BCUT2D eigenvalue weighted by molar-refractivity contribution is 0.481. The van der Waals surface area contributed by atoms with Gasteiger partial charge in [-0.05, 0) is 34.7 Å². The van der Waals surface area contributed by atoms with Gasteiger partial charge in [0.1, 0.15) is 16.9 Å². The number of aromatic hydroxyl groups is 1. The van der Waals surface area contributed by atoms with Crippen molar-refractivity contribution in [2.24, 2.45) is 0 Å². The minimum Gasteiger partial charge on any atom is -0.507 e. The predicted molar refractivity (Wildman–Crippen MR) is 98.3 cm³/mol. The number of hydrogen-bond acceptors (Lipinski definition) is 2. The first-order valence-corrected chi connectivity index (χ1v) is 7.94. The molecule has 4 aromatic carbocycles. The Morgan fingerprint density at radius 2 is 1.42 bits per heavy atom. The Hall–Kier alpha value is -3.26. The molecule has 0 unspecified atom stereocenters. The number of rotatable bonds is 1. The summed E-state index contributed by atoms with van der Waals surface area (Å²) in [7, 11) is 0. The van der Waals surface area contributed by atoms with Gasteiger partial charge in [-0.2, -0.15) is 0 Å². The molecule has 0 aliphatic heterocycles. The summed E-state index contributed by atoms with van der Waals surface area (Å²) in [5.41, 5.74) is 3.83. The topological polar surface area (TPSA) is 33.4 Å². The van der Waals surface area contributed by atoms with E-state index in [1.807, 2.05) is 36.4 Å². The van der Waals surface area contributed by atoms with Crippen molar-refractivity contribution in [2.45, 2.75) is 0 Å². The summed E-state index contributed by atoms with van der Waals surface area (Å²) in [5.74, 6) is 0.251. The van der Waals surface area contributed by atoms with E-state index >= 15 is 0 Å². The van der Waals surface area contributed by atoms with Crippen molar-refractivity contribution in [1.82, 2.24) is 0 Å². The average molecular weight is 310 g/mol. The number of phenols is 1. The van der Waals surface area contributed by atoms with E-state index in [4.69, 9.17) is 4.42 Å². The van der Waals surface area contributed by atoms with Gasteiger partial charge >= 0.3 is 0 Å². The molecule has 2 heteroatoms. The van der Waals surface area contributed by atoms with Gasteiger partial charge in [0.2, 0.25) is 0 Å². The summed E-state index contributed by atoms with van der Waals surface area (Å²) in [5, 5.41) is 14.3. The molecule has 0 bridgehead atoms. The molecule has 0 aliphatic rings. The number of phenolic OH excluding ortho intramolecular Hbond substituents is 1. The predicted octanol–water partition coefficient (Wildman–Crippen LogP) is 6.11. The smallest absolute Gasteiger partial charge is 0.143 e. The highest BCUT2D eigenvalue weighted by atomic mass is 16.3. The van der Waals surface area contributed by atoms with Crippen molar-refractivity contribution >= 4 is 32.7 Å². The second-order valence-electron chi connectivity index (χ2n) is 5.96. The minimum absolute atomic E-state index is 0.251. The third-order valence-electron chi connectivity index (χ3n) is 4.57. The van der Waals surface area contributed by atoms with Crippen LogP contribution in [0.2, 0.25) is 0 Å². The Kier molecular flexibility index (Phi) is 2.68. The first-order valence-electron chi connectivity index (χ1n) is 7.94. The van der Waals surface area contributed by atoms with Gasteiger partial charge in [0, 0.05) is 10.8 Å². The van der Waals surface area contributed by atoms with E-state index in [0.29, 0.717) is 5.58 Å². The Balaban J connectivity index is 2.04. The summed E-state index contributed by atoms with van der Waals surface area (Å²) in [6.07, 6.45) is 0. The highest BCUT2D eigenvalue weighted by molar-refractivity contribution is 6.20. The van der Waals surface area contributed by atoms with E-state index in [-0.39, 0.29) is 5.75 Å². The standard InChI is InChI=1S/C22H14O2/c23-19-11-6-12-20-21(19)18-13-17(14-7-2-1-3-8-14)15-9-4-5-10-16(15)22(18)24-20/h1-13,23H. The lowest BCUT2D eigenvalue weighted by atomic mass is 9.95. The molecule has 0 spiro atoms. The first kappa shape index (κ1) is 13.2. The Morgan fingerprint density at radius 3 is 2.25 bits per heavy atom. The molecular formula is C22H14O2. The van der Waals surface area contributed by atoms with Gasteiger partial charge in [-0.15, -0.1) is 0 Å². The maximum absolute atomic E-state index is 10.3. The fourth-order valence-corrected chi connectivity index (χ4v) is 3.49. The zero-order chi connectivity index (χ0) is 16.1. The number of benzene rings is 4. The maximum Gasteiger partial charge on any atom is 0.143 e. The van der Waals surface area contributed by atoms with Crippen molar-refractivity contribution < 1.29 is 9.52 Å². The van der Waals surface area contributed by atoms with Crippen LogP contribution in [0.3, 0.4) is 0 Å². The summed E-state index contributed by atoms with van der Waals surface area (Å²) < 4.78 is 6.08. The highest BCUT2D eigenvalue weighted by Crippen LogP contribution is 2.41. The van der Waals surface area contributed by atoms with E-state index in [2.05, 4.69) is 30.3 Å². The zero-order valence-electron chi connectivity index (χ0n) is 12.9. The molecule has 0 fully saturated rings. The molecule has 1 N–H and O–H groups in total. The molecule has 5 aromatic rings. The van der Waals surface area contributed by atoms with E-state index < -0.39 is 0 Å². The molecule has 0 radical (unpaired) electrons. The third kappa shape index (κ3) is 1.77. The van der Waals surface area contributed by atoms with Crippen LogP contribution in [0.15, 0.2) is 83.3 Å².